The lowest BCUT2D eigenvalue weighted by atomic mass is 10.5. The number of rotatable bonds is 0. The zero-order valence-corrected chi connectivity index (χ0v) is 6.89. The van der Waals surface area contributed by atoms with E-state index in [2.05, 4.69) is 32.5 Å². The second-order valence-corrected chi connectivity index (χ2v) is 5.81. The highest BCUT2D eigenvalue weighted by Crippen LogP contribution is 2.15. The van der Waals surface area contributed by atoms with E-state index in [0.717, 1.165) is 0 Å². The maximum atomic E-state index is 2.38. The van der Waals surface area contributed by atoms with Gasteiger partial charge in [0.25, 0.3) is 0 Å². The largest absolute Gasteiger partial charge is 0.0888 e. The van der Waals surface area contributed by atoms with E-state index in [4.69, 9.17) is 0 Å². The minimum atomic E-state index is -0.515. The highest BCUT2D eigenvalue weighted by molar-refractivity contribution is 6.73. The molecule has 0 aliphatic carbocycles. The molecule has 0 atom stereocenters. The number of hydrogen-bond acceptors (Lipinski definition) is 0. The van der Waals surface area contributed by atoms with Crippen LogP contribution in [0, 0.1) is 0 Å². The normalized spacial score (nSPS) is 20.9. The van der Waals surface area contributed by atoms with Crippen molar-refractivity contribution in [3.8, 4) is 0 Å². The lowest BCUT2D eigenvalue weighted by molar-refractivity contribution is 1.61. The van der Waals surface area contributed by atoms with Gasteiger partial charge in [0, 0.05) is 0 Å². The Kier molecular flexibility index (Phi) is 1.38. The Morgan fingerprint density at radius 3 is 1.62 bits per heavy atom. The molecule has 8 heavy (non-hydrogen) atoms. The van der Waals surface area contributed by atoms with Gasteiger partial charge >= 0.3 is 0 Å². The topological polar surface area (TPSA) is 0 Å². The zero-order chi connectivity index (χ0) is 6.15. The van der Waals surface area contributed by atoms with Gasteiger partial charge in [-0.05, 0) is 13.8 Å². The van der Waals surface area contributed by atoms with E-state index in [0.29, 0.717) is 0 Å². The van der Waals surface area contributed by atoms with Gasteiger partial charge in [0.2, 0.25) is 0 Å². The van der Waals surface area contributed by atoms with E-state index >= 15 is 0 Å². The first kappa shape index (κ1) is 5.83. The van der Waals surface area contributed by atoms with Crippen molar-refractivity contribution in [1.82, 2.24) is 0 Å². The molecule has 0 saturated carbocycles. The molecule has 0 radical (unpaired) electrons. The molecule has 1 rings (SSSR count). The SMILES string of the molecule is CC1=CC=C(C)[SiH]1C. The fourth-order valence-electron chi connectivity index (χ4n) is 0.911. The van der Waals surface area contributed by atoms with Gasteiger partial charge in [-0.25, -0.2) is 0 Å². The molecule has 0 fully saturated rings. The molecule has 0 nitrogen and oxygen atoms in total. The minimum absolute atomic E-state index is 0.515. The first-order chi connectivity index (χ1) is 3.72. The summed E-state index contributed by atoms with van der Waals surface area (Å²) in [7, 11) is -0.515. The summed E-state index contributed by atoms with van der Waals surface area (Å²) in [5.74, 6) is 0. The van der Waals surface area contributed by atoms with Crippen LogP contribution in [-0.2, 0) is 0 Å². The third-order valence-electron chi connectivity index (χ3n) is 1.98. The highest BCUT2D eigenvalue weighted by Gasteiger charge is 2.10. The standard InChI is InChI=1S/C7H12Si/c1-6-4-5-7(2)8(6)3/h4-5,8H,1-3H3. The van der Waals surface area contributed by atoms with Crippen LogP contribution in [-0.4, -0.2) is 8.80 Å². The van der Waals surface area contributed by atoms with E-state index in [-0.39, 0.29) is 0 Å². The van der Waals surface area contributed by atoms with Crippen molar-refractivity contribution >= 4 is 8.80 Å². The molecule has 0 aromatic carbocycles. The molecule has 0 N–H and O–H groups in total. The molecule has 0 unspecified atom stereocenters. The average molecular weight is 124 g/mol. The van der Waals surface area contributed by atoms with Gasteiger partial charge in [-0.1, -0.05) is 29.1 Å². The Labute approximate surface area is 52.5 Å². The smallest absolute Gasteiger partial charge is 0.0825 e. The second kappa shape index (κ2) is 1.90. The minimum Gasteiger partial charge on any atom is -0.0825 e. The summed E-state index contributed by atoms with van der Waals surface area (Å²) in [6, 6.07) is 0. The third kappa shape index (κ3) is 0.780. The van der Waals surface area contributed by atoms with Crippen LogP contribution in [0.25, 0.3) is 0 Å². The molecule has 44 valence electrons. The van der Waals surface area contributed by atoms with Crippen molar-refractivity contribution in [2.45, 2.75) is 20.4 Å². The van der Waals surface area contributed by atoms with Gasteiger partial charge in [-0.3, -0.25) is 0 Å². The Hall–Kier alpha value is -0.303. The van der Waals surface area contributed by atoms with Gasteiger partial charge in [-0.15, -0.1) is 0 Å². The molecule has 0 saturated heterocycles. The number of allylic oxidation sites excluding steroid dienone is 4. The predicted octanol–water partition coefficient (Wildman–Crippen LogP) is 1.83. The van der Waals surface area contributed by atoms with Crippen molar-refractivity contribution in [1.29, 1.82) is 0 Å². The van der Waals surface area contributed by atoms with Gasteiger partial charge in [-0.2, -0.15) is 0 Å². The van der Waals surface area contributed by atoms with Crippen molar-refractivity contribution in [3.63, 3.8) is 0 Å². The molecule has 1 aliphatic rings. The Morgan fingerprint density at radius 1 is 1.12 bits per heavy atom. The summed E-state index contributed by atoms with van der Waals surface area (Å²) >= 11 is 0. The quantitative estimate of drug-likeness (QED) is 0.432. The van der Waals surface area contributed by atoms with Crippen molar-refractivity contribution in [2.75, 3.05) is 0 Å². The predicted molar refractivity (Wildman–Crippen MR) is 40.5 cm³/mol. The van der Waals surface area contributed by atoms with E-state index in [9.17, 15) is 0 Å². The van der Waals surface area contributed by atoms with E-state index in [1.54, 1.807) is 10.4 Å². The van der Waals surface area contributed by atoms with E-state index < -0.39 is 8.80 Å². The van der Waals surface area contributed by atoms with Crippen LogP contribution in [0.4, 0.5) is 0 Å². The summed E-state index contributed by atoms with van der Waals surface area (Å²) in [6.45, 7) is 6.86. The Bertz CT molecular complexity index is 136. The maximum absolute atomic E-state index is 2.38. The molecule has 0 bridgehead atoms. The number of hydrogen-bond donors (Lipinski definition) is 0. The lowest BCUT2D eigenvalue weighted by Crippen LogP contribution is -2.06. The van der Waals surface area contributed by atoms with Crippen LogP contribution in [0.3, 0.4) is 0 Å². The summed E-state index contributed by atoms with van der Waals surface area (Å²) in [5.41, 5.74) is 0. The Balaban J connectivity index is 2.75. The van der Waals surface area contributed by atoms with Crippen molar-refractivity contribution < 1.29 is 0 Å². The molecule has 0 amide bonds. The fourth-order valence-corrected chi connectivity index (χ4v) is 2.40. The van der Waals surface area contributed by atoms with Crippen LogP contribution >= 0.6 is 0 Å². The fraction of sp³-hybridized carbons (Fsp3) is 0.429. The molecule has 0 aromatic rings. The van der Waals surface area contributed by atoms with Crippen LogP contribution in [0.5, 0.6) is 0 Å². The van der Waals surface area contributed by atoms with Crippen LogP contribution in [0.2, 0.25) is 6.55 Å². The monoisotopic (exact) mass is 124 g/mol. The van der Waals surface area contributed by atoms with Crippen LogP contribution < -0.4 is 0 Å². The summed E-state index contributed by atoms with van der Waals surface area (Å²) in [6.07, 6.45) is 4.51. The summed E-state index contributed by atoms with van der Waals surface area (Å²) < 4.78 is 0. The van der Waals surface area contributed by atoms with Gasteiger partial charge in [0.15, 0.2) is 0 Å². The maximum Gasteiger partial charge on any atom is 0.0888 e. The molecule has 0 aromatic heterocycles. The van der Waals surface area contributed by atoms with Crippen LogP contribution in [0.15, 0.2) is 22.5 Å². The summed E-state index contributed by atoms with van der Waals surface area (Å²) in [4.78, 5) is 0. The van der Waals surface area contributed by atoms with Crippen LogP contribution in [0.1, 0.15) is 13.8 Å². The van der Waals surface area contributed by atoms with E-state index in [1.807, 2.05) is 0 Å². The third-order valence-corrected chi connectivity index (χ3v) is 5.09. The van der Waals surface area contributed by atoms with Gasteiger partial charge < -0.3 is 0 Å². The first-order valence-corrected chi connectivity index (χ1v) is 5.37. The molecular weight excluding hydrogens is 112 g/mol. The zero-order valence-electron chi connectivity index (χ0n) is 5.73. The highest BCUT2D eigenvalue weighted by atomic mass is 28.3. The van der Waals surface area contributed by atoms with E-state index in [1.165, 1.54) is 0 Å². The van der Waals surface area contributed by atoms with Gasteiger partial charge in [0.1, 0.15) is 0 Å². The van der Waals surface area contributed by atoms with Crippen molar-refractivity contribution in [2.24, 2.45) is 0 Å². The van der Waals surface area contributed by atoms with Gasteiger partial charge in [0.05, 0.1) is 8.80 Å². The Morgan fingerprint density at radius 2 is 1.50 bits per heavy atom. The molecule has 0 spiro atoms. The molecular formula is C7H12Si. The molecule has 1 heteroatoms. The average Bonchev–Trinajstić information content (AvgIpc) is 1.98. The lowest BCUT2D eigenvalue weighted by Gasteiger charge is -2.01. The summed E-state index contributed by atoms with van der Waals surface area (Å²) in [5, 5.41) is 3.25. The molecule has 1 aliphatic heterocycles. The molecule has 1 heterocycles. The second-order valence-electron chi connectivity index (χ2n) is 2.54. The van der Waals surface area contributed by atoms with Crippen molar-refractivity contribution in [3.05, 3.63) is 22.5 Å². The first-order valence-electron chi connectivity index (χ1n) is 3.07.